The van der Waals surface area contributed by atoms with Gasteiger partial charge in [0.1, 0.15) is 16.8 Å². The molecule has 0 aliphatic carbocycles. The largest absolute Gasteiger partial charge is 0.482 e. The quantitative estimate of drug-likeness (QED) is 0.333. The van der Waals surface area contributed by atoms with Gasteiger partial charge in [-0.3, -0.25) is 4.79 Å². The number of nitrogens with zero attached hydrogens (tertiary/aromatic N) is 3. The zero-order valence-electron chi connectivity index (χ0n) is 19.1. The summed E-state index contributed by atoms with van der Waals surface area (Å²) in [5.41, 5.74) is 5.82. The van der Waals surface area contributed by atoms with Crippen LogP contribution in [0.5, 0.6) is 5.75 Å². The molecule has 0 saturated heterocycles. The minimum absolute atomic E-state index is 0.149. The topological polar surface area (TPSA) is 69.0 Å². The molecule has 5 rings (SSSR count). The van der Waals surface area contributed by atoms with Gasteiger partial charge >= 0.3 is 0 Å². The van der Waals surface area contributed by atoms with Crippen molar-refractivity contribution in [1.29, 1.82) is 0 Å². The van der Waals surface area contributed by atoms with E-state index < -0.39 is 0 Å². The van der Waals surface area contributed by atoms with Gasteiger partial charge in [-0.2, -0.15) is 0 Å². The SMILES string of the molecule is Cc1cc(C)c(OCC(=O)Nc2cc3nn(-c4cccc5ccccc45)nc3cc2C)c(Cl)c1. The highest BCUT2D eigenvalue weighted by molar-refractivity contribution is 6.32. The van der Waals surface area contributed by atoms with E-state index in [4.69, 9.17) is 16.3 Å². The van der Waals surface area contributed by atoms with Crippen LogP contribution in [0.15, 0.2) is 66.7 Å². The number of anilines is 1. The Morgan fingerprint density at radius 3 is 2.47 bits per heavy atom. The number of rotatable bonds is 5. The Morgan fingerprint density at radius 1 is 0.941 bits per heavy atom. The summed E-state index contributed by atoms with van der Waals surface area (Å²) in [5, 5.41) is 14.9. The first-order valence-electron chi connectivity index (χ1n) is 10.9. The summed E-state index contributed by atoms with van der Waals surface area (Å²) in [6.07, 6.45) is 0. The molecule has 0 fully saturated rings. The standard InChI is InChI=1S/C27H23ClN4O2/c1-16-11-18(3)27(21(28)12-16)34-15-26(33)29-22-14-24-23(13-17(22)2)30-32(31-24)25-10-6-8-19-7-4-5-9-20(19)25/h4-14H,15H2,1-3H3,(H,29,33). The Balaban J connectivity index is 1.38. The Morgan fingerprint density at radius 2 is 1.68 bits per heavy atom. The summed E-state index contributed by atoms with van der Waals surface area (Å²) in [6, 6.07) is 21.7. The van der Waals surface area contributed by atoms with Crippen LogP contribution in [0.1, 0.15) is 16.7 Å². The van der Waals surface area contributed by atoms with Crippen LogP contribution < -0.4 is 10.1 Å². The first kappa shape index (κ1) is 21.9. The number of carbonyl (C=O) groups excluding carboxylic acids is 1. The van der Waals surface area contributed by atoms with E-state index in [0.717, 1.165) is 38.7 Å². The molecule has 0 bridgehead atoms. The van der Waals surface area contributed by atoms with E-state index in [0.29, 0.717) is 22.0 Å². The van der Waals surface area contributed by atoms with Gasteiger partial charge in [-0.05, 0) is 67.1 Å². The van der Waals surface area contributed by atoms with Gasteiger partial charge in [-0.1, -0.05) is 54.1 Å². The predicted molar refractivity (Wildman–Crippen MR) is 136 cm³/mol. The Kier molecular flexibility index (Phi) is 5.67. The molecule has 0 radical (unpaired) electrons. The van der Waals surface area contributed by atoms with Crippen LogP contribution in [-0.2, 0) is 4.79 Å². The number of benzene rings is 4. The third kappa shape index (κ3) is 4.20. The summed E-state index contributed by atoms with van der Waals surface area (Å²) < 4.78 is 5.71. The van der Waals surface area contributed by atoms with Gasteiger partial charge in [0.2, 0.25) is 0 Å². The predicted octanol–water partition coefficient (Wildman–Crippen LogP) is 6.17. The summed E-state index contributed by atoms with van der Waals surface area (Å²) in [4.78, 5) is 14.3. The lowest BCUT2D eigenvalue weighted by Gasteiger charge is -2.13. The summed E-state index contributed by atoms with van der Waals surface area (Å²) in [7, 11) is 0. The highest BCUT2D eigenvalue weighted by atomic mass is 35.5. The fourth-order valence-electron chi connectivity index (χ4n) is 4.10. The first-order valence-corrected chi connectivity index (χ1v) is 11.3. The highest BCUT2D eigenvalue weighted by Crippen LogP contribution is 2.30. The third-order valence-corrected chi connectivity index (χ3v) is 5.98. The van der Waals surface area contributed by atoms with E-state index in [-0.39, 0.29) is 12.5 Å². The number of halogens is 1. The maximum Gasteiger partial charge on any atom is 0.262 e. The second-order valence-electron chi connectivity index (χ2n) is 8.37. The van der Waals surface area contributed by atoms with Crippen molar-refractivity contribution in [3.05, 3.63) is 88.4 Å². The first-order chi connectivity index (χ1) is 16.4. The van der Waals surface area contributed by atoms with Crippen LogP contribution in [0.25, 0.3) is 27.5 Å². The van der Waals surface area contributed by atoms with Crippen molar-refractivity contribution in [2.24, 2.45) is 0 Å². The van der Waals surface area contributed by atoms with Crippen molar-refractivity contribution in [2.45, 2.75) is 20.8 Å². The van der Waals surface area contributed by atoms with Crippen molar-refractivity contribution in [3.8, 4) is 11.4 Å². The molecule has 0 unspecified atom stereocenters. The van der Waals surface area contributed by atoms with Crippen LogP contribution in [0.3, 0.4) is 0 Å². The molecule has 6 nitrogen and oxygen atoms in total. The van der Waals surface area contributed by atoms with Gasteiger partial charge in [0, 0.05) is 11.1 Å². The molecule has 0 aliphatic rings. The van der Waals surface area contributed by atoms with Crippen molar-refractivity contribution in [3.63, 3.8) is 0 Å². The van der Waals surface area contributed by atoms with E-state index in [1.165, 1.54) is 0 Å². The number of ether oxygens (including phenoxy) is 1. The summed E-state index contributed by atoms with van der Waals surface area (Å²) in [6.45, 7) is 5.64. The molecule has 0 aliphatic heterocycles. The molecule has 1 aromatic heterocycles. The average Bonchev–Trinajstić information content (AvgIpc) is 3.20. The number of hydrogen-bond donors (Lipinski definition) is 1. The molecular formula is C27H23ClN4O2. The molecule has 1 heterocycles. The molecule has 1 N–H and O–H groups in total. The fraction of sp³-hybridized carbons (Fsp3) is 0.148. The van der Waals surface area contributed by atoms with Gasteiger partial charge in [0.05, 0.1) is 10.7 Å². The molecule has 0 atom stereocenters. The van der Waals surface area contributed by atoms with Crippen molar-refractivity contribution >= 4 is 45.0 Å². The minimum Gasteiger partial charge on any atom is -0.482 e. The number of nitrogens with one attached hydrogen (secondary N) is 1. The van der Waals surface area contributed by atoms with Crippen molar-refractivity contribution in [2.75, 3.05) is 11.9 Å². The number of aromatic nitrogens is 3. The molecule has 5 aromatic rings. The smallest absolute Gasteiger partial charge is 0.262 e. The Labute approximate surface area is 202 Å². The maximum atomic E-state index is 12.6. The zero-order chi connectivity index (χ0) is 23.8. The van der Waals surface area contributed by atoms with E-state index in [9.17, 15) is 4.79 Å². The van der Waals surface area contributed by atoms with Crippen molar-refractivity contribution in [1.82, 2.24) is 15.0 Å². The molecule has 4 aromatic carbocycles. The highest BCUT2D eigenvalue weighted by Gasteiger charge is 2.14. The van der Waals surface area contributed by atoms with Gasteiger partial charge < -0.3 is 10.1 Å². The number of fused-ring (bicyclic) bond motifs is 2. The van der Waals surface area contributed by atoms with Crippen LogP contribution in [-0.4, -0.2) is 27.5 Å². The third-order valence-electron chi connectivity index (χ3n) is 5.70. The monoisotopic (exact) mass is 470 g/mol. The zero-order valence-corrected chi connectivity index (χ0v) is 19.8. The number of hydrogen-bond acceptors (Lipinski definition) is 4. The lowest BCUT2D eigenvalue weighted by Crippen LogP contribution is -2.21. The van der Waals surface area contributed by atoms with Crippen LogP contribution in [0.2, 0.25) is 5.02 Å². The molecular weight excluding hydrogens is 448 g/mol. The Bertz CT molecular complexity index is 1530. The minimum atomic E-state index is -0.278. The van der Waals surface area contributed by atoms with Gasteiger partial charge in [0.25, 0.3) is 5.91 Å². The van der Waals surface area contributed by atoms with E-state index in [1.807, 2.05) is 69.3 Å². The molecule has 170 valence electrons. The molecule has 7 heteroatoms. The van der Waals surface area contributed by atoms with Crippen LogP contribution in [0.4, 0.5) is 5.69 Å². The lowest BCUT2D eigenvalue weighted by molar-refractivity contribution is -0.118. The number of aryl methyl sites for hydroxylation is 3. The summed E-state index contributed by atoms with van der Waals surface area (Å²) >= 11 is 6.28. The van der Waals surface area contributed by atoms with E-state index in [2.05, 4.69) is 33.7 Å². The second kappa shape index (κ2) is 8.80. The van der Waals surface area contributed by atoms with Gasteiger partial charge in [0.15, 0.2) is 6.61 Å². The molecule has 1 amide bonds. The molecule has 0 spiro atoms. The van der Waals surface area contributed by atoms with E-state index >= 15 is 0 Å². The fourth-order valence-corrected chi connectivity index (χ4v) is 4.48. The van der Waals surface area contributed by atoms with Gasteiger partial charge in [-0.25, -0.2) is 0 Å². The summed E-state index contributed by atoms with van der Waals surface area (Å²) in [5.74, 6) is 0.243. The van der Waals surface area contributed by atoms with Gasteiger partial charge in [-0.15, -0.1) is 15.0 Å². The van der Waals surface area contributed by atoms with Crippen LogP contribution >= 0.6 is 11.6 Å². The van der Waals surface area contributed by atoms with E-state index in [1.54, 1.807) is 4.80 Å². The Hall–Kier alpha value is -3.90. The van der Waals surface area contributed by atoms with Crippen molar-refractivity contribution < 1.29 is 9.53 Å². The number of amides is 1. The van der Waals surface area contributed by atoms with Crippen LogP contribution in [0, 0.1) is 20.8 Å². The average molecular weight is 471 g/mol. The molecule has 0 saturated carbocycles. The maximum absolute atomic E-state index is 12.6. The second-order valence-corrected chi connectivity index (χ2v) is 8.78. The normalized spacial score (nSPS) is 11.2. The lowest BCUT2D eigenvalue weighted by atomic mass is 10.1. The molecule has 34 heavy (non-hydrogen) atoms. The number of carbonyl (C=O) groups is 1.